The Bertz CT molecular complexity index is 1040. The van der Waals surface area contributed by atoms with E-state index in [1.54, 1.807) is 0 Å². The zero-order valence-electron chi connectivity index (χ0n) is 21.2. The first-order valence-corrected chi connectivity index (χ1v) is 13.2. The van der Waals surface area contributed by atoms with Gasteiger partial charge in [0.25, 0.3) is 0 Å². The molecule has 2 aromatic carbocycles. The summed E-state index contributed by atoms with van der Waals surface area (Å²) in [6, 6.07) is 11.7. The van der Waals surface area contributed by atoms with Gasteiger partial charge in [0.1, 0.15) is 5.25 Å². The van der Waals surface area contributed by atoms with Gasteiger partial charge in [0.15, 0.2) is 0 Å². The van der Waals surface area contributed by atoms with Crippen molar-refractivity contribution >= 4 is 28.2 Å². The first kappa shape index (κ1) is 26.3. The predicted octanol–water partition coefficient (Wildman–Crippen LogP) is 6.12. The standard InChI is InChI=1S/C28H38N2O3S/c1-18(2)24-15-22(21-9-7-8-10-21)16-25(19(3)4)26(24)27(34(32)33)28(31)29-23-13-11-20(12-14-23)17-30(5)6/h9,11-16,18-19,27H,7-8,10,17H2,1-6H3,(H,29,31)(H,32,33)/p-1. The van der Waals surface area contributed by atoms with Crippen molar-refractivity contribution in [2.45, 2.75) is 70.6 Å². The van der Waals surface area contributed by atoms with Gasteiger partial charge in [-0.05, 0) is 102 Å². The molecule has 1 aliphatic rings. The van der Waals surface area contributed by atoms with Gasteiger partial charge in [0, 0.05) is 12.2 Å². The number of rotatable bonds is 9. The average Bonchev–Trinajstić information content (AvgIpc) is 3.29. The second-order valence-corrected chi connectivity index (χ2v) is 11.1. The summed E-state index contributed by atoms with van der Waals surface area (Å²) in [7, 11) is 3.99. The van der Waals surface area contributed by atoms with E-state index in [4.69, 9.17) is 0 Å². The maximum absolute atomic E-state index is 13.4. The first-order chi connectivity index (χ1) is 16.1. The van der Waals surface area contributed by atoms with Crippen molar-refractivity contribution in [2.24, 2.45) is 0 Å². The number of hydrogen-bond acceptors (Lipinski definition) is 4. The van der Waals surface area contributed by atoms with Gasteiger partial charge >= 0.3 is 0 Å². The van der Waals surface area contributed by atoms with Crippen LogP contribution in [0.5, 0.6) is 0 Å². The fraction of sp³-hybridized carbons (Fsp3) is 0.464. The number of carbonyl (C=O) groups excluding carboxylic acids is 1. The summed E-state index contributed by atoms with van der Waals surface area (Å²) in [5.41, 5.74) is 6.67. The van der Waals surface area contributed by atoms with E-state index in [9.17, 15) is 13.6 Å². The molecule has 3 rings (SSSR count). The van der Waals surface area contributed by atoms with E-state index in [1.165, 1.54) is 5.57 Å². The molecular weight excluding hydrogens is 444 g/mol. The van der Waals surface area contributed by atoms with Gasteiger partial charge in [-0.1, -0.05) is 58.0 Å². The maximum atomic E-state index is 13.4. The predicted molar refractivity (Wildman–Crippen MR) is 141 cm³/mol. The summed E-state index contributed by atoms with van der Waals surface area (Å²) < 4.78 is 25.0. The quantitative estimate of drug-likeness (QED) is 0.438. The second-order valence-electron chi connectivity index (χ2n) is 10.1. The summed E-state index contributed by atoms with van der Waals surface area (Å²) in [6.45, 7) is 9.02. The van der Waals surface area contributed by atoms with Gasteiger partial charge < -0.3 is 14.8 Å². The van der Waals surface area contributed by atoms with Crippen LogP contribution in [0.25, 0.3) is 5.57 Å². The fourth-order valence-electron chi connectivity index (χ4n) is 4.66. The van der Waals surface area contributed by atoms with Crippen LogP contribution in [0.1, 0.15) is 91.9 Å². The average molecular weight is 482 g/mol. The minimum absolute atomic E-state index is 0.0821. The fourth-order valence-corrected chi connectivity index (χ4v) is 5.35. The maximum Gasteiger partial charge on any atom is 0.243 e. The Morgan fingerprint density at radius 2 is 1.65 bits per heavy atom. The Morgan fingerprint density at radius 3 is 2.09 bits per heavy atom. The Balaban J connectivity index is 2.02. The Hall–Kier alpha value is -2.28. The molecule has 0 fully saturated rings. The van der Waals surface area contributed by atoms with E-state index in [0.29, 0.717) is 11.3 Å². The lowest BCUT2D eigenvalue weighted by atomic mass is 9.83. The summed E-state index contributed by atoms with van der Waals surface area (Å²) in [5, 5.41) is 1.57. The lowest BCUT2D eigenvalue weighted by Gasteiger charge is -2.29. The molecule has 6 heteroatoms. The molecule has 0 saturated heterocycles. The second kappa shape index (κ2) is 11.4. The molecule has 184 valence electrons. The molecule has 0 radical (unpaired) electrons. The molecule has 1 amide bonds. The molecule has 0 saturated carbocycles. The van der Waals surface area contributed by atoms with Crippen molar-refractivity contribution < 1.29 is 13.6 Å². The minimum atomic E-state index is -2.62. The van der Waals surface area contributed by atoms with E-state index in [2.05, 4.69) is 56.1 Å². The molecule has 2 aromatic rings. The number of allylic oxidation sites excluding steroid dienone is 2. The Morgan fingerprint density at radius 1 is 1.06 bits per heavy atom. The molecule has 5 nitrogen and oxygen atoms in total. The highest BCUT2D eigenvalue weighted by Crippen LogP contribution is 2.39. The third kappa shape index (κ3) is 6.23. The number of amides is 1. The number of carbonyl (C=O) groups is 1. The lowest BCUT2D eigenvalue weighted by molar-refractivity contribution is -0.116. The molecule has 0 spiro atoms. The van der Waals surface area contributed by atoms with Crippen molar-refractivity contribution in [2.75, 3.05) is 19.4 Å². The summed E-state index contributed by atoms with van der Waals surface area (Å²) in [4.78, 5) is 15.5. The van der Waals surface area contributed by atoms with Crippen LogP contribution in [0.2, 0.25) is 0 Å². The molecule has 2 unspecified atom stereocenters. The molecule has 2 atom stereocenters. The van der Waals surface area contributed by atoms with Crippen LogP contribution in [0.15, 0.2) is 42.5 Å². The highest BCUT2D eigenvalue weighted by Gasteiger charge is 2.30. The zero-order valence-corrected chi connectivity index (χ0v) is 22.0. The number of benzene rings is 2. The smallest absolute Gasteiger partial charge is 0.243 e. The molecular formula is C28H37N2O3S-. The minimum Gasteiger partial charge on any atom is -0.771 e. The molecule has 34 heavy (non-hydrogen) atoms. The molecule has 0 heterocycles. The molecule has 0 bridgehead atoms. The van der Waals surface area contributed by atoms with Gasteiger partial charge in [-0.2, -0.15) is 0 Å². The van der Waals surface area contributed by atoms with Crippen molar-refractivity contribution in [3.63, 3.8) is 0 Å². The van der Waals surface area contributed by atoms with Crippen LogP contribution in [0.3, 0.4) is 0 Å². The van der Waals surface area contributed by atoms with Crippen molar-refractivity contribution in [1.82, 2.24) is 4.90 Å². The number of nitrogens with zero attached hydrogens (tertiary/aromatic N) is 1. The van der Waals surface area contributed by atoms with Gasteiger partial charge in [0.05, 0.1) is 0 Å². The highest BCUT2D eigenvalue weighted by atomic mass is 32.2. The van der Waals surface area contributed by atoms with E-state index in [0.717, 1.165) is 48.1 Å². The van der Waals surface area contributed by atoms with Crippen molar-refractivity contribution in [3.8, 4) is 0 Å². The molecule has 0 aromatic heterocycles. The van der Waals surface area contributed by atoms with Crippen LogP contribution < -0.4 is 5.32 Å². The van der Waals surface area contributed by atoms with Crippen LogP contribution in [0, 0.1) is 0 Å². The monoisotopic (exact) mass is 481 g/mol. The third-order valence-electron chi connectivity index (χ3n) is 6.31. The first-order valence-electron chi connectivity index (χ1n) is 12.1. The third-order valence-corrected chi connectivity index (χ3v) is 7.15. The largest absolute Gasteiger partial charge is 0.771 e. The summed E-state index contributed by atoms with van der Waals surface area (Å²) in [6.07, 6.45) is 5.54. The number of anilines is 1. The van der Waals surface area contributed by atoms with Gasteiger partial charge in [0.2, 0.25) is 5.91 Å². The number of hydrogen-bond donors (Lipinski definition) is 1. The van der Waals surface area contributed by atoms with E-state index in [1.807, 2.05) is 38.4 Å². The van der Waals surface area contributed by atoms with E-state index < -0.39 is 22.2 Å². The lowest BCUT2D eigenvalue weighted by Crippen LogP contribution is -2.27. The molecule has 1 N–H and O–H groups in total. The molecule has 1 aliphatic carbocycles. The topological polar surface area (TPSA) is 72.5 Å². The van der Waals surface area contributed by atoms with E-state index in [-0.39, 0.29) is 11.8 Å². The Labute approximate surface area is 206 Å². The van der Waals surface area contributed by atoms with Crippen LogP contribution in [-0.4, -0.2) is 33.7 Å². The van der Waals surface area contributed by atoms with Crippen molar-refractivity contribution in [3.05, 3.63) is 70.3 Å². The van der Waals surface area contributed by atoms with Crippen LogP contribution in [0.4, 0.5) is 5.69 Å². The number of nitrogens with one attached hydrogen (secondary N) is 1. The normalized spacial score (nSPS) is 15.6. The van der Waals surface area contributed by atoms with Gasteiger partial charge in [-0.3, -0.25) is 9.00 Å². The SMILES string of the molecule is CC(C)c1cc(C2=CCCC2)cc(C(C)C)c1C(C(=O)Nc1ccc(CN(C)C)cc1)S(=O)[O-]. The van der Waals surface area contributed by atoms with Crippen LogP contribution in [-0.2, 0) is 22.4 Å². The Kier molecular flexibility index (Phi) is 8.85. The zero-order chi connectivity index (χ0) is 25.0. The van der Waals surface area contributed by atoms with Gasteiger partial charge in [-0.25, -0.2) is 0 Å². The van der Waals surface area contributed by atoms with E-state index >= 15 is 0 Å². The van der Waals surface area contributed by atoms with Crippen LogP contribution >= 0.6 is 0 Å². The molecule has 0 aliphatic heterocycles. The van der Waals surface area contributed by atoms with Crippen molar-refractivity contribution in [1.29, 1.82) is 0 Å². The van der Waals surface area contributed by atoms with Gasteiger partial charge in [-0.15, -0.1) is 0 Å². The summed E-state index contributed by atoms with van der Waals surface area (Å²) in [5.74, 6) is -0.359. The summed E-state index contributed by atoms with van der Waals surface area (Å²) >= 11 is -2.62. The highest BCUT2D eigenvalue weighted by molar-refractivity contribution is 7.80.